The van der Waals surface area contributed by atoms with Crippen molar-refractivity contribution < 1.29 is 29.3 Å². The third kappa shape index (κ3) is 1.92. The van der Waals surface area contributed by atoms with Gasteiger partial charge in [-0.3, -0.25) is 24.6 Å². The number of hydrogen-bond acceptors (Lipinski definition) is 6. The number of carbonyl (C=O) groups excluding carboxylic acids is 2. The van der Waals surface area contributed by atoms with Gasteiger partial charge in [-0.25, -0.2) is 0 Å². The van der Waals surface area contributed by atoms with Crippen LogP contribution in [-0.4, -0.2) is 52.6 Å². The highest BCUT2D eigenvalue weighted by atomic mass is 16.5. The van der Waals surface area contributed by atoms with E-state index in [1.807, 2.05) is 0 Å². The van der Waals surface area contributed by atoms with Crippen LogP contribution in [0.5, 0.6) is 11.5 Å². The number of amides is 2. The van der Waals surface area contributed by atoms with Gasteiger partial charge in [0.25, 0.3) is 0 Å². The molecule has 3 N–H and O–H groups in total. The van der Waals surface area contributed by atoms with Crippen molar-refractivity contribution in [1.82, 2.24) is 10.2 Å². The zero-order valence-electron chi connectivity index (χ0n) is 13.4. The van der Waals surface area contributed by atoms with Gasteiger partial charge in [0.1, 0.15) is 5.54 Å². The number of phenols is 1. The Labute approximate surface area is 138 Å². The van der Waals surface area contributed by atoms with E-state index in [9.17, 15) is 24.6 Å². The van der Waals surface area contributed by atoms with Gasteiger partial charge in [0.15, 0.2) is 11.5 Å². The first kappa shape index (κ1) is 16.3. The molecule has 2 fully saturated rings. The third-order valence-corrected chi connectivity index (χ3v) is 5.04. The lowest BCUT2D eigenvalue weighted by Gasteiger charge is -2.26. The molecule has 0 spiro atoms. The molecule has 8 nitrogen and oxygen atoms in total. The summed E-state index contributed by atoms with van der Waals surface area (Å²) in [6.07, 6.45) is 0. The van der Waals surface area contributed by atoms with Crippen LogP contribution in [0, 0.1) is 11.8 Å². The molecule has 0 bridgehead atoms. The predicted molar refractivity (Wildman–Crippen MR) is 81.3 cm³/mol. The number of hydrogen-bond donors (Lipinski definition) is 3. The van der Waals surface area contributed by atoms with E-state index in [4.69, 9.17) is 4.74 Å². The van der Waals surface area contributed by atoms with Crippen LogP contribution in [0.15, 0.2) is 18.2 Å². The highest BCUT2D eigenvalue weighted by Gasteiger charge is 2.66. The average molecular weight is 334 g/mol. The normalized spacial score (nSPS) is 32.1. The molecule has 2 saturated heterocycles. The summed E-state index contributed by atoms with van der Waals surface area (Å²) in [4.78, 5) is 37.7. The minimum Gasteiger partial charge on any atom is -0.504 e. The molecule has 1 aromatic carbocycles. The van der Waals surface area contributed by atoms with Gasteiger partial charge in [-0.05, 0) is 13.0 Å². The van der Waals surface area contributed by atoms with Crippen molar-refractivity contribution in [3.05, 3.63) is 23.8 Å². The summed E-state index contributed by atoms with van der Waals surface area (Å²) < 4.78 is 5.07. The number of phenolic OH excluding ortho intramolecular Hbond substituents is 1. The van der Waals surface area contributed by atoms with Crippen molar-refractivity contribution in [3.8, 4) is 11.5 Å². The van der Waals surface area contributed by atoms with Crippen LogP contribution >= 0.6 is 0 Å². The number of ether oxygens (including phenoxy) is 1. The predicted octanol–water partition coefficient (Wildman–Crippen LogP) is 0.119. The van der Waals surface area contributed by atoms with Crippen LogP contribution in [0.2, 0.25) is 0 Å². The molecule has 8 heteroatoms. The monoisotopic (exact) mass is 334 g/mol. The van der Waals surface area contributed by atoms with E-state index < -0.39 is 41.2 Å². The SMILES string of the molecule is COc1cccc(C2NC(C)(C(=O)O)C3C(=O)N(C)C(=O)C23)c1O. The second kappa shape index (κ2) is 5.20. The highest BCUT2D eigenvalue weighted by Crippen LogP contribution is 2.50. The molecule has 4 unspecified atom stereocenters. The lowest BCUT2D eigenvalue weighted by Crippen LogP contribution is -2.53. The Hall–Kier alpha value is -2.61. The maximum Gasteiger partial charge on any atom is 0.324 e. The number of benzene rings is 1. The number of methoxy groups -OCH3 is 1. The number of fused-ring (bicyclic) bond motifs is 1. The van der Waals surface area contributed by atoms with Crippen molar-refractivity contribution in [3.63, 3.8) is 0 Å². The molecule has 2 aliphatic heterocycles. The second-order valence-corrected chi connectivity index (χ2v) is 6.27. The van der Waals surface area contributed by atoms with Crippen LogP contribution < -0.4 is 10.1 Å². The summed E-state index contributed by atoms with van der Waals surface area (Å²) in [7, 11) is 2.73. The lowest BCUT2D eigenvalue weighted by atomic mass is 9.80. The summed E-state index contributed by atoms with van der Waals surface area (Å²) in [5, 5.41) is 22.9. The van der Waals surface area contributed by atoms with E-state index in [-0.39, 0.29) is 11.5 Å². The summed E-state index contributed by atoms with van der Waals surface area (Å²) in [6.45, 7) is 1.38. The van der Waals surface area contributed by atoms with Gasteiger partial charge in [0, 0.05) is 18.7 Å². The number of carboxylic acids is 1. The fourth-order valence-corrected chi connectivity index (χ4v) is 3.70. The van der Waals surface area contributed by atoms with Crippen LogP contribution in [-0.2, 0) is 14.4 Å². The molecule has 2 heterocycles. The number of nitrogens with one attached hydrogen (secondary N) is 1. The quantitative estimate of drug-likeness (QED) is 0.672. The smallest absolute Gasteiger partial charge is 0.324 e. The number of rotatable bonds is 3. The Morgan fingerprint density at radius 2 is 2.00 bits per heavy atom. The Morgan fingerprint density at radius 3 is 2.58 bits per heavy atom. The van der Waals surface area contributed by atoms with Crippen LogP contribution in [0.3, 0.4) is 0 Å². The number of nitrogens with zero attached hydrogens (tertiary/aromatic N) is 1. The van der Waals surface area contributed by atoms with Crippen LogP contribution in [0.1, 0.15) is 18.5 Å². The van der Waals surface area contributed by atoms with Crippen LogP contribution in [0.4, 0.5) is 0 Å². The third-order valence-electron chi connectivity index (χ3n) is 5.04. The van der Waals surface area contributed by atoms with E-state index >= 15 is 0 Å². The van der Waals surface area contributed by atoms with E-state index in [1.165, 1.54) is 21.1 Å². The highest BCUT2D eigenvalue weighted by molar-refractivity contribution is 6.09. The molecule has 128 valence electrons. The number of carbonyl (C=O) groups is 3. The van der Waals surface area contributed by atoms with E-state index in [0.717, 1.165) is 4.90 Å². The number of carboxylic acid groups (broad SMARTS) is 1. The van der Waals surface area contributed by atoms with Crippen molar-refractivity contribution in [2.75, 3.05) is 14.2 Å². The van der Waals surface area contributed by atoms with E-state index in [1.54, 1.807) is 18.2 Å². The van der Waals surface area contributed by atoms with Crippen molar-refractivity contribution in [1.29, 1.82) is 0 Å². The van der Waals surface area contributed by atoms with Crippen molar-refractivity contribution in [2.45, 2.75) is 18.5 Å². The zero-order chi connectivity index (χ0) is 17.8. The summed E-state index contributed by atoms with van der Waals surface area (Å²) >= 11 is 0. The zero-order valence-corrected chi connectivity index (χ0v) is 13.4. The number of aliphatic carboxylic acids is 1. The Bertz CT molecular complexity index is 748. The fraction of sp³-hybridized carbons (Fsp3) is 0.438. The summed E-state index contributed by atoms with van der Waals surface area (Å²) in [6, 6.07) is 3.95. The van der Waals surface area contributed by atoms with Gasteiger partial charge in [0.05, 0.1) is 18.9 Å². The van der Waals surface area contributed by atoms with Gasteiger partial charge < -0.3 is 14.9 Å². The first-order valence-electron chi connectivity index (χ1n) is 7.42. The fourth-order valence-electron chi connectivity index (χ4n) is 3.70. The van der Waals surface area contributed by atoms with E-state index in [2.05, 4.69) is 5.32 Å². The Morgan fingerprint density at radius 1 is 1.33 bits per heavy atom. The molecule has 3 rings (SSSR count). The van der Waals surface area contributed by atoms with Gasteiger partial charge in [-0.15, -0.1) is 0 Å². The molecule has 24 heavy (non-hydrogen) atoms. The first-order chi connectivity index (χ1) is 11.2. The number of aromatic hydroxyl groups is 1. The molecule has 1 aromatic rings. The summed E-state index contributed by atoms with van der Waals surface area (Å²) in [5.74, 6) is -4.13. The van der Waals surface area contributed by atoms with Crippen molar-refractivity contribution >= 4 is 17.8 Å². The Kier molecular flexibility index (Phi) is 3.52. The molecular weight excluding hydrogens is 316 g/mol. The standard InChI is InChI=1S/C16H18N2O6/c1-16(15(22)23)10-9(13(20)18(2)14(10)21)11(17-16)7-5-4-6-8(24-3)12(7)19/h4-6,9-11,17,19H,1-3H3,(H,22,23). The molecule has 0 saturated carbocycles. The maximum absolute atomic E-state index is 12.5. The number of para-hydroxylation sites is 1. The summed E-state index contributed by atoms with van der Waals surface area (Å²) in [5.41, 5.74) is -1.28. The maximum atomic E-state index is 12.5. The van der Waals surface area contributed by atoms with E-state index in [0.29, 0.717) is 5.56 Å². The molecule has 2 aliphatic rings. The largest absolute Gasteiger partial charge is 0.504 e. The topological polar surface area (TPSA) is 116 Å². The van der Waals surface area contributed by atoms with Gasteiger partial charge in [0.2, 0.25) is 11.8 Å². The minimum absolute atomic E-state index is 0.180. The lowest BCUT2D eigenvalue weighted by molar-refractivity contribution is -0.150. The molecule has 4 atom stereocenters. The van der Waals surface area contributed by atoms with Gasteiger partial charge in [-0.2, -0.15) is 0 Å². The van der Waals surface area contributed by atoms with Crippen LogP contribution in [0.25, 0.3) is 0 Å². The number of imide groups is 1. The molecule has 2 amide bonds. The minimum atomic E-state index is -1.61. The number of likely N-dealkylation sites (tertiary alicyclic amines) is 1. The Balaban J connectivity index is 2.15. The molecule has 0 aromatic heterocycles. The molecule has 0 aliphatic carbocycles. The van der Waals surface area contributed by atoms with Gasteiger partial charge >= 0.3 is 5.97 Å². The second-order valence-electron chi connectivity index (χ2n) is 6.27. The molecular formula is C16H18N2O6. The van der Waals surface area contributed by atoms with Crippen molar-refractivity contribution in [2.24, 2.45) is 11.8 Å². The van der Waals surface area contributed by atoms with Gasteiger partial charge in [-0.1, -0.05) is 12.1 Å². The average Bonchev–Trinajstić information content (AvgIpc) is 2.98. The first-order valence-corrected chi connectivity index (χ1v) is 7.42. The molecule has 0 radical (unpaired) electrons.